The summed E-state index contributed by atoms with van der Waals surface area (Å²) in [7, 11) is 0. The summed E-state index contributed by atoms with van der Waals surface area (Å²) in [5.74, 6) is -0.0433. The number of thioether (sulfide) groups is 1. The molecular weight excluding hydrogens is 481 g/mol. The molecular formula is C26H26N4OS3. The molecule has 0 saturated carbocycles. The van der Waals surface area contributed by atoms with Crippen LogP contribution in [0.5, 0.6) is 0 Å². The molecule has 174 valence electrons. The lowest BCUT2D eigenvalue weighted by atomic mass is 10.2. The van der Waals surface area contributed by atoms with Crippen molar-refractivity contribution in [2.75, 3.05) is 16.0 Å². The van der Waals surface area contributed by atoms with Crippen molar-refractivity contribution < 1.29 is 4.79 Å². The van der Waals surface area contributed by atoms with Gasteiger partial charge in [0.05, 0.1) is 15.5 Å². The fourth-order valence-corrected chi connectivity index (χ4v) is 5.55. The average Bonchev–Trinajstić information content (AvgIpc) is 3.20. The second-order valence-electron chi connectivity index (χ2n) is 7.97. The maximum absolute atomic E-state index is 13.0. The molecule has 0 radical (unpaired) electrons. The number of fused-ring (bicyclic) bond motifs is 1. The molecule has 1 aromatic heterocycles. The van der Waals surface area contributed by atoms with Gasteiger partial charge in [0.1, 0.15) is 0 Å². The summed E-state index contributed by atoms with van der Waals surface area (Å²) in [6.07, 6.45) is 0.700. The van der Waals surface area contributed by atoms with Crippen molar-refractivity contribution in [3.63, 3.8) is 0 Å². The molecule has 3 N–H and O–H groups in total. The summed E-state index contributed by atoms with van der Waals surface area (Å²) in [6.45, 7) is 6.12. The highest BCUT2D eigenvalue weighted by atomic mass is 32.2. The van der Waals surface area contributed by atoms with Crippen LogP contribution in [-0.4, -0.2) is 21.3 Å². The number of amides is 1. The molecule has 3 aromatic carbocycles. The van der Waals surface area contributed by atoms with Gasteiger partial charge in [-0.05, 0) is 80.5 Å². The van der Waals surface area contributed by atoms with E-state index in [9.17, 15) is 4.79 Å². The summed E-state index contributed by atoms with van der Waals surface area (Å²) >= 11 is 8.49. The van der Waals surface area contributed by atoms with E-state index in [1.54, 1.807) is 0 Å². The topological polar surface area (TPSA) is 66.0 Å². The van der Waals surface area contributed by atoms with Gasteiger partial charge in [-0.2, -0.15) is 0 Å². The minimum Gasteiger partial charge on any atom is -0.332 e. The van der Waals surface area contributed by atoms with E-state index >= 15 is 0 Å². The van der Waals surface area contributed by atoms with Crippen molar-refractivity contribution in [3.8, 4) is 0 Å². The molecule has 4 rings (SSSR count). The van der Waals surface area contributed by atoms with E-state index in [0.29, 0.717) is 16.7 Å². The molecule has 0 aliphatic heterocycles. The van der Waals surface area contributed by atoms with Gasteiger partial charge in [-0.3, -0.25) is 4.79 Å². The molecule has 1 atom stereocenters. The van der Waals surface area contributed by atoms with Gasteiger partial charge < -0.3 is 16.0 Å². The third kappa shape index (κ3) is 6.34. The minimum atomic E-state index is -0.235. The van der Waals surface area contributed by atoms with Gasteiger partial charge in [0.25, 0.3) is 0 Å². The average molecular weight is 507 g/mol. The van der Waals surface area contributed by atoms with Gasteiger partial charge in [0.15, 0.2) is 10.2 Å². The molecule has 0 saturated heterocycles. The van der Waals surface area contributed by atoms with Crippen molar-refractivity contribution in [2.24, 2.45) is 0 Å². The van der Waals surface area contributed by atoms with E-state index in [-0.39, 0.29) is 11.2 Å². The number of thiazole rings is 1. The first-order valence-electron chi connectivity index (χ1n) is 11.0. The van der Waals surface area contributed by atoms with Crippen LogP contribution in [0, 0.1) is 13.8 Å². The minimum absolute atomic E-state index is 0.0433. The van der Waals surface area contributed by atoms with Crippen molar-refractivity contribution in [2.45, 2.75) is 37.3 Å². The Kier molecular flexibility index (Phi) is 7.82. The SMILES string of the molecule is CCC(Sc1cccc(NC(=S)Nc2ccc(C)cc2)c1)C(=O)Nc1nc2ccc(C)cc2s1. The first-order valence-corrected chi connectivity index (χ1v) is 13.1. The van der Waals surface area contributed by atoms with Crippen LogP contribution in [0.25, 0.3) is 10.2 Å². The van der Waals surface area contributed by atoms with Gasteiger partial charge in [-0.25, -0.2) is 4.98 Å². The smallest absolute Gasteiger partial charge is 0.239 e. The Labute approximate surface area is 213 Å². The molecule has 0 aliphatic rings. The van der Waals surface area contributed by atoms with Crippen LogP contribution in [0.3, 0.4) is 0 Å². The maximum Gasteiger partial charge on any atom is 0.239 e. The zero-order chi connectivity index (χ0) is 24.1. The third-order valence-electron chi connectivity index (χ3n) is 5.12. The number of carbonyl (C=O) groups excluding carboxylic acids is 1. The summed E-state index contributed by atoms with van der Waals surface area (Å²) < 4.78 is 1.07. The number of carbonyl (C=O) groups is 1. The lowest BCUT2D eigenvalue weighted by Crippen LogP contribution is -2.24. The molecule has 5 nitrogen and oxygen atoms in total. The maximum atomic E-state index is 13.0. The molecule has 0 fully saturated rings. The molecule has 0 aliphatic carbocycles. The van der Waals surface area contributed by atoms with Crippen LogP contribution >= 0.6 is 35.3 Å². The Morgan fingerprint density at radius 3 is 2.47 bits per heavy atom. The van der Waals surface area contributed by atoms with Crippen LogP contribution in [-0.2, 0) is 4.79 Å². The third-order valence-corrected chi connectivity index (χ3v) is 7.61. The highest BCUT2D eigenvalue weighted by molar-refractivity contribution is 8.00. The normalized spacial score (nSPS) is 11.7. The summed E-state index contributed by atoms with van der Waals surface area (Å²) in [5, 5.41) is 10.3. The second kappa shape index (κ2) is 11.0. The van der Waals surface area contributed by atoms with Crippen LogP contribution in [0.2, 0.25) is 0 Å². The van der Waals surface area contributed by atoms with E-state index in [1.807, 2.05) is 74.5 Å². The Morgan fingerprint density at radius 2 is 1.71 bits per heavy atom. The van der Waals surface area contributed by atoms with Crippen molar-refractivity contribution in [1.82, 2.24) is 4.98 Å². The van der Waals surface area contributed by atoms with E-state index < -0.39 is 0 Å². The van der Waals surface area contributed by atoms with Gasteiger partial charge in [0.2, 0.25) is 5.91 Å². The number of thiocarbonyl (C=S) groups is 1. The lowest BCUT2D eigenvalue weighted by Gasteiger charge is -2.15. The molecule has 8 heteroatoms. The standard InChI is InChI=1S/C26H26N4OS3/c1-4-22(24(31)30-26-29-21-13-10-17(3)14-23(21)34-26)33-20-7-5-6-19(15-20)28-25(32)27-18-11-8-16(2)9-12-18/h5-15,22H,4H2,1-3H3,(H2,27,28,32)(H,29,30,31). The lowest BCUT2D eigenvalue weighted by molar-refractivity contribution is -0.115. The van der Waals surface area contributed by atoms with E-state index in [1.165, 1.54) is 34.2 Å². The van der Waals surface area contributed by atoms with Gasteiger partial charge in [0, 0.05) is 16.3 Å². The Balaban J connectivity index is 1.38. The number of hydrogen-bond acceptors (Lipinski definition) is 5. The zero-order valence-electron chi connectivity index (χ0n) is 19.2. The monoisotopic (exact) mass is 506 g/mol. The van der Waals surface area contributed by atoms with Crippen LogP contribution in [0.4, 0.5) is 16.5 Å². The summed E-state index contributed by atoms with van der Waals surface area (Å²) in [5.41, 5.74) is 5.08. The zero-order valence-corrected chi connectivity index (χ0v) is 21.7. The first kappa shape index (κ1) is 24.2. The fourth-order valence-electron chi connectivity index (χ4n) is 3.34. The highest BCUT2D eigenvalue weighted by Gasteiger charge is 2.20. The number of rotatable bonds is 7. The van der Waals surface area contributed by atoms with Gasteiger partial charge in [-0.1, -0.05) is 48.1 Å². The predicted molar refractivity (Wildman–Crippen MR) is 150 cm³/mol. The largest absolute Gasteiger partial charge is 0.332 e. The Morgan fingerprint density at radius 1 is 0.971 bits per heavy atom. The van der Waals surface area contributed by atoms with Crippen molar-refractivity contribution in [3.05, 3.63) is 77.9 Å². The number of benzene rings is 3. The summed E-state index contributed by atoms with van der Waals surface area (Å²) in [4.78, 5) is 18.5. The number of anilines is 3. The van der Waals surface area contributed by atoms with E-state index in [2.05, 4.69) is 33.9 Å². The molecule has 1 amide bonds. The number of aryl methyl sites for hydroxylation is 2. The van der Waals surface area contributed by atoms with E-state index in [0.717, 1.165) is 26.5 Å². The molecule has 1 unspecified atom stereocenters. The fraction of sp³-hybridized carbons (Fsp3) is 0.192. The Bertz CT molecular complexity index is 1320. The highest BCUT2D eigenvalue weighted by Crippen LogP contribution is 2.31. The number of nitrogens with zero attached hydrogens (tertiary/aromatic N) is 1. The summed E-state index contributed by atoms with van der Waals surface area (Å²) in [6, 6.07) is 22.1. The number of hydrogen-bond donors (Lipinski definition) is 3. The van der Waals surface area contributed by atoms with Crippen LogP contribution < -0.4 is 16.0 Å². The van der Waals surface area contributed by atoms with Crippen molar-refractivity contribution in [1.29, 1.82) is 0 Å². The molecule has 4 aromatic rings. The van der Waals surface area contributed by atoms with Crippen LogP contribution in [0.1, 0.15) is 24.5 Å². The van der Waals surface area contributed by atoms with E-state index in [4.69, 9.17) is 12.2 Å². The second-order valence-corrected chi connectivity index (χ2v) is 10.7. The number of aromatic nitrogens is 1. The molecule has 0 spiro atoms. The quantitative estimate of drug-likeness (QED) is 0.181. The van der Waals surface area contributed by atoms with Gasteiger partial charge >= 0.3 is 0 Å². The molecule has 0 bridgehead atoms. The molecule has 34 heavy (non-hydrogen) atoms. The van der Waals surface area contributed by atoms with Gasteiger partial charge in [-0.15, -0.1) is 11.8 Å². The van der Waals surface area contributed by atoms with Crippen LogP contribution in [0.15, 0.2) is 71.6 Å². The predicted octanol–water partition coefficient (Wildman–Crippen LogP) is 7.23. The Hall–Kier alpha value is -2.94. The number of nitrogens with one attached hydrogen (secondary N) is 3. The first-order chi connectivity index (χ1) is 16.4. The van der Waals surface area contributed by atoms with Crippen molar-refractivity contribution >= 4 is 73.1 Å². The molecule has 1 heterocycles.